The Labute approximate surface area is 162 Å². The van der Waals surface area contributed by atoms with Gasteiger partial charge in [0, 0.05) is 10.6 Å². The minimum absolute atomic E-state index is 0.198. The number of Topliss-reactive ketones (excluding diaryl/α,β-unsaturated/α-hetero) is 1. The second-order valence-corrected chi connectivity index (χ2v) is 7.04. The molecule has 0 radical (unpaired) electrons. The van der Waals surface area contributed by atoms with Gasteiger partial charge in [-0.15, -0.1) is 23.2 Å². The summed E-state index contributed by atoms with van der Waals surface area (Å²) in [5, 5.41) is -0.868. The summed E-state index contributed by atoms with van der Waals surface area (Å²) in [7, 11) is 0. The number of carbonyl (C=O) groups excluding carboxylic acids is 1. The summed E-state index contributed by atoms with van der Waals surface area (Å²) in [6, 6.07) is 24.4. The summed E-state index contributed by atoms with van der Waals surface area (Å²) >= 11 is 18.6. The molecule has 0 aromatic heterocycles. The molecule has 0 N–H and O–H groups in total. The zero-order valence-corrected chi connectivity index (χ0v) is 15.5. The van der Waals surface area contributed by atoms with E-state index in [1.54, 1.807) is 36.4 Å². The molecule has 0 unspecified atom stereocenters. The van der Waals surface area contributed by atoms with Crippen LogP contribution in [0.4, 0.5) is 0 Å². The summed E-state index contributed by atoms with van der Waals surface area (Å²) in [5.74, 6) is -0.198. The Hall–Kier alpha value is -1.80. The van der Waals surface area contributed by atoms with Crippen LogP contribution in [0.1, 0.15) is 21.3 Å². The number of alkyl halides is 2. The molecule has 2 atom stereocenters. The number of rotatable bonds is 5. The van der Waals surface area contributed by atoms with Crippen LogP contribution >= 0.6 is 34.8 Å². The van der Waals surface area contributed by atoms with E-state index in [4.69, 9.17) is 34.8 Å². The van der Waals surface area contributed by atoms with E-state index in [1.807, 2.05) is 42.5 Å². The smallest absolute Gasteiger partial charge is 0.182 e. The number of hydrogen-bond acceptors (Lipinski definition) is 1. The van der Waals surface area contributed by atoms with Gasteiger partial charge in [-0.2, -0.15) is 0 Å². The highest BCUT2D eigenvalue weighted by Crippen LogP contribution is 2.31. The van der Waals surface area contributed by atoms with Gasteiger partial charge in [-0.05, 0) is 28.8 Å². The van der Waals surface area contributed by atoms with Crippen LogP contribution in [-0.4, -0.2) is 11.2 Å². The predicted molar refractivity (Wildman–Crippen MR) is 106 cm³/mol. The van der Waals surface area contributed by atoms with Crippen LogP contribution in [0.5, 0.6) is 0 Å². The van der Waals surface area contributed by atoms with Gasteiger partial charge in [-0.3, -0.25) is 4.79 Å². The molecule has 0 bridgehead atoms. The molecular formula is C21H15Cl3O. The maximum absolute atomic E-state index is 12.6. The monoisotopic (exact) mass is 388 g/mol. The van der Waals surface area contributed by atoms with Gasteiger partial charge in [0.2, 0.25) is 0 Å². The average Bonchev–Trinajstić information content (AvgIpc) is 2.67. The predicted octanol–water partition coefficient (Wildman–Crippen LogP) is 6.78. The van der Waals surface area contributed by atoms with E-state index < -0.39 is 10.8 Å². The SMILES string of the molecule is O=C(c1ccc(-c2ccccc2)cc1)[C@@H](Cl)[C@@H](Cl)c1ccc(Cl)cc1. The lowest BCUT2D eigenvalue weighted by Crippen LogP contribution is -2.20. The Balaban J connectivity index is 1.77. The minimum atomic E-state index is -0.856. The van der Waals surface area contributed by atoms with Crippen molar-refractivity contribution in [2.45, 2.75) is 10.8 Å². The van der Waals surface area contributed by atoms with E-state index in [-0.39, 0.29) is 5.78 Å². The molecule has 0 aliphatic carbocycles. The quantitative estimate of drug-likeness (QED) is 0.347. The topological polar surface area (TPSA) is 17.1 Å². The van der Waals surface area contributed by atoms with E-state index in [1.165, 1.54) is 0 Å². The molecule has 3 aromatic carbocycles. The average molecular weight is 390 g/mol. The van der Waals surface area contributed by atoms with Gasteiger partial charge >= 0.3 is 0 Å². The third-order valence-electron chi connectivity index (χ3n) is 3.97. The van der Waals surface area contributed by atoms with Crippen molar-refractivity contribution in [1.29, 1.82) is 0 Å². The molecule has 0 saturated carbocycles. The molecule has 0 heterocycles. The van der Waals surface area contributed by atoms with Crippen molar-refractivity contribution in [3.8, 4) is 11.1 Å². The molecule has 126 valence electrons. The van der Waals surface area contributed by atoms with E-state index >= 15 is 0 Å². The molecule has 0 saturated heterocycles. The van der Waals surface area contributed by atoms with Gasteiger partial charge in [-0.1, -0.05) is 78.3 Å². The van der Waals surface area contributed by atoms with Crippen molar-refractivity contribution in [3.05, 3.63) is 95.0 Å². The summed E-state index contributed by atoms with van der Waals surface area (Å²) in [5.41, 5.74) is 3.45. The second-order valence-electron chi connectivity index (χ2n) is 5.66. The summed E-state index contributed by atoms with van der Waals surface area (Å²) in [6.45, 7) is 0. The highest BCUT2D eigenvalue weighted by atomic mass is 35.5. The Morgan fingerprint density at radius 1 is 0.720 bits per heavy atom. The Bertz CT molecular complexity index is 843. The van der Waals surface area contributed by atoms with Gasteiger partial charge in [0.25, 0.3) is 0 Å². The lowest BCUT2D eigenvalue weighted by Gasteiger charge is -2.16. The molecule has 1 nitrogen and oxygen atoms in total. The lowest BCUT2D eigenvalue weighted by atomic mass is 9.99. The summed E-state index contributed by atoms with van der Waals surface area (Å²) in [4.78, 5) is 12.6. The van der Waals surface area contributed by atoms with Gasteiger partial charge in [0.05, 0.1) is 5.38 Å². The van der Waals surface area contributed by atoms with Crippen LogP contribution < -0.4 is 0 Å². The fraction of sp³-hybridized carbons (Fsp3) is 0.0952. The van der Waals surface area contributed by atoms with Gasteiger partial charge in [-0.25, -0.2) is 0 Å². The molecule has 25 heavy (non-hydrogen) atoms. The largest absolute Gasteiger partial charge is 0.292 e. The zero-order chi connectivity index (χ0) is 17.8. The minimum Gasteiger partial charge on any atom is -0.292 e. The Morgan fingerprint density at radius 2 is 1.28 bits per heavy atom. The van der Waals surface area contributed by atoms with E-state index in [0.29, 0.717) is 10.6 Å². The van der Waals surface area contributed by atoms with E-state index in [2.05, 4.69) is 0 Å². The van der Waals surface area contributed by atoms with Crippen molar-refractivity contribution in [1.82, 2.24) is 0 Å². The van der Waals surface area contributed by atoms with Gasteiger partial charge in [0.15, 0.2) is 5.78 Å². The maximum atomic E-state index is 12.6. The third-order valence-corrected chi connectivity index (χ3v) is 5.31. The molecule has 0 fully saturated rings. The fourth-order valence-corrected chi connectivity index (χ4v) is 3.22. The van der Waals surface area contributed by atoms with Crippen molar-refractivity contribution in [3.63, 3.8) is 0 Å². The highest BCUT2D eigenvalue weighted by molar-refractivity contribution is 6.39. The zero-order valence-electron chi connectivity index (χ0n) is 13.2. The summed E-state index contributed by atoms with van der Waals surface area (Å²) in [6.07, 6.45) is 0. The Kier molecular flexibility index (Phi) is 5.80. The van der Waals surface area contributed by atoms with Crippen molar-refractivity contribution in [2.75, 3.05) is 0 Å². The Morgan fingerprint density at radius 3 is 1.88 bits per heavy atom. The first kappa shape index (κ1) is 18.0. The van der Waals surface area contributed by atoms with Gasteiger partial charge in [0.1, 0.15) is 5.38 Å². The molecule has 3 rings (SSSR count). The number of carbonyl (C=O) groups is 1. The van der Waals surface area contributed by atoms with E-state index in [9.17, 15) is 4.79 Å². The number of hydrogen-bond donors (Lipinski definition) is 0. The molecule has 0 spiro atoms. The number of halogens is 3. The number of benzene rings is 3. The molecule has 4 heteroatoms. The molecule has 3 aromatic rings. The first-order valence-electron chi connectivity index (χ1n) is 7.79. The van der Waals surface area contributed by atoms with Crippen LogP contribution in [-0.2, 0) is 0 Å². The first-order chi connectivity index (χ1) is 12.1. The molecule has 0 amide bonds. The lowest BCUT2D eigenvalue weighted by molar-refractivity contribution is 0.0985. The summed E-state index contributed by atoms with van der Waals surface area (Å²) < 4.78 is 0. The second kappa shape index (κ2) is 8.05. The first-order valence-corrected chi connectivity index (χ1v) is 9.04. The van der Waals surface area contributed by atoms with Crippen molar-refractivity contribution >= 4 is 40.6 Å². The number of ketones is 1. The van der Waals surface area contributed by atoms with Crippen molar-refractivity contribution < 1.29 is 4.79 Å². The molecule has 0 aliphatic rings. The van der Waals surface area contributed by atoms with Crippen LogP contribution in [0.3, 0.4) is 0 Å². The normalized spacial score (nSPS) is 13.2. The van der Waals surface area contributed by atoms with Crippen LogP contribution in [0.25, 0.3) is 11.1 Å². The highest BCUT2D eigenvalue weighted by Gasteiger charge is 2.26. The van der Waals surface area contributed by atoms with E-state index in [0.717, 1.165) is 16.7 Å². The standard InChI is InChI=1S/C21H15Cl3O/c22-18-12-10-16(11-13-18)19(23)20(24)21(25)17-8-6-15(7-9-17)14-4-2-1-3-5-14/h1-13,19-20H/t19-,20-/m0/s1. The fourth-order valence-electron chi connectivity index (χ4n) is 2.57. The van der Waals surface area contributed by atoms with Gasteiger partial charge < -0.3 is 0 Å². The third kappa shape index (κ3) is 4.24. The van der Waals surface area contributed by atoms with Crippen LogP contribution in [0.15, 0.2) is 78.9 Å². The maximum Gasteiger partial charge on any atom is 0.182 e. The molecular weight excluding hydrogens is 375 g/mol. The van der Waals surface area contributed by atoms with Crippen molar-refractivity contribution in [2.24, 2.45) is 0 Å². The molecule has 0 aliphatic heterocycles. The van der Waals surface area contributed by atoms with Crippen LogP contribution in [0, 0.1) is 0 Å². The van der Waals surface area contributed by atoms with Crippen LogP contribution in [0.2, 0.25) is 5.02 Å².